The summed E-state index contributed by atoms with van der Waals surface area (Å²) in [6, 6.07) is 25.8. The highest BCUT2D eigenvalue weighted by molar-refractivity contribution is 7.89. The van der Waals surface area contributed by atoms with E-state index in [0.717, 1.165) is 11.3 Å². The van der Waals surface area contributed by atoms with Crippen molar-refractivity contribution < 1.29 is 8.42 Å². The Bertz CT molecular complexity index is 1190. The summed E-state index contributed by atoms with van der Waals surface area (Å²) in [5, 5.41) is 0. The Balaban J connectivity index is 1.72. The van der Waals surface area contributed by atoms with Crippen molar-refractivity contribution in [3.8, 4) is 0 Å². The lowest BCUT2D eigenvalue weighted by Gasteiger charge is -2.27. The van der Waals surface area contributed by atoms with Crippen LogP contribution in [-0.4, -0.2) is 32.2 Å². The van der Waals surface area contributed by atoms with E-state index in [1.54, 1.807) is 12.1 Å². The fourth-order valence-corrected chi connectivity index (χ4v) is 5.76. The Morgan fingerprint density at radius 2 is 1.44 bits per heavy atom. The average Bonchev–Trinajstić information content (AvgIpc) is 2.97. The molecule has 0 N–H and O–H groups in total. The SMILES string of the molecule is CCN(CC)S(=O)(=O)c1ccc(N2C=NC(c3ccccc3)c3ccccc3C2C)cc1. The van der Waals surface area contributed by atoms with Gasteiger partial charge in [-0.15, -0.1) is 0 Å². The first-order valence-electron chi connectivity index (χ1n) is 11.0. The van der Waals surface area contributed by atoms with E-state index < -0.39 is 10.0 Å². The van der Waals surface area contributed by atoms with E-state index >= 15 is 0 Å². The second-order valence-corrected chi connectivity index (χ2v) is 9.81. The first-order valence-corrected chi connectivity index (χ1v) is 12.5. The van der Waals surface area contributed by atoms with Gasteiger partial charge in [-0.05, 0) is 47.9 Å². The van der Waals surface area contributed by atoms with E-state index in [4.69, 9.17) is 4.99 Å². The largest absolute Gasteiger partial charge is 0.325 e. The lowest BCUT2D eigenvalue weighted by molar-refractivity contribution is 0.445. The molecule has 0 saturated heterocycles. The van der Waals surface area contributed by atoms with Crippen molar-refractivity contribution in [1.82, 2.24) is 4.31 Å². The van der Waals surface area contributed by atoms with Gasteiger partial charge in [-0.2, -0.15) is 4.31 Å². The summed E-state index contributed by atoms with van der Waals surface area (Å²) in [4.78, 5) is 7.36. The summed E-state index contributed by atoms with van der Waals surface area (Å²) in [5.74, 6) is 0. The number of anilines is 1. The predicted molar refractivity (Wildman–Crippen MR) is 131 cm³/mol. The van der Waals surface area contributed by atoms with Gasteiger partial charge in [-0.25, -0.2) is 8.42 Å². The molecule has 1 aliphatic rings. The summed E-state index contributed by atoms with van der Waals surface area (Å²) in [6.45, 7) is 6.76. The van der Waals surface area contributed by atoms with Crippen LogP contribution < -0.4 is 4.90 Å². The molecule has 0 fully saturated rings. The predicted octanol–water partition coefficient (Wildman–Crippen LogP) is 5.42. The van der Waals surface area contributed by atoms with Crippen molar-refractivity contribution in [1.29, 1.82) is 0 Å². The number of fused-ring (bicyclic) bond motifs is 1. The summed E-state index contributed by atoms with van der Waals surface area (Å²) in [7, 11) is -3.48. The number of hydrogen-bond acceptors (Lipinski definition) is 4. The van der Waals surface area contributed by atoms with E-state index in [9.17, 15) is 8.42 Å². The Hall–Kier alpha value is -2.96. The van der Waals surface area contributed by atoms with Crippen LogP contribution in [0.3, 0.4) is 0 Å². The second kappa shape index (κ2) is 9.27. The van der Waals surface area contributed by atoms with Gasteiger partial charge in [0.05, 0.1) is 17.3 Å². The maximum atomic E-state index is 12.9. The van der Waals surface area contributed by atoms with Crippen LogP contribution in [-0.2, 0) is 10.0 Å². The van der Waals surface area contributed by atoms with Gasteiger partial charge in [0.25, 0.3) is 0 Å². The molecule has 5 nitrogen and oxygen atoms in total. The molecule has 32 heavy (non-hydrogen) atoms. The van der Waals surface area contributed by atoms with E-state index in [-0.39, 0.29) is 12.1 Å². The van der Waals surface area contributed by atoms with E-state index in [0.29, 0.717) is 18.0 Å². The molecule has 1 aliphatic heterocycles. The topological polar surface area (TPSA) is 53.0 Å². The zero-order valence-electron chi connectivity index (χ0n) is 18.7. The fourth-order valence-electron chi connectivity index (χ4n) is 4.30. The van der Waals surface area contributed by atoms with Gasteiger partial charge >= 0.3 is 0 Å². The Labute approximate surface area is 191 Å². The normalized spacial score (nSPS) is 18.4. The van der Waals surface area contributed by atoms with Crippen molar-refractivity contribution in [2.75, 3.05) is 18.0 Å². The summed E-state index contributed by atoms with van der Waals surface area (Å²) in [5.41, 5.74) is 4.44. The summed E-state index contributed by atoms with van der Waals surface area (Å²) in [6.07, 6.45) is 1.89. The maximum absolute atomic E-state index is 12.9. The molecular formula is C26H29N3O2S. The third kappa shape index (κ3) is 4.08. The fraction of sp³-hybridized carbons (Fsp3) is 0.269. The zero-order chi connectivity index (χ0) is 22.7. The number of aliphatic imine (C=N–C) groups is 1. The van der Waals surface area contributed by atoms with Crippen molar-refractivity contribution >= 4 is 22.0 Å². The van der Waals surface area contributed by atoms with Crippen molar-refractivity contribution in [3.63, 3.8) is 0 Å². The first kappa shape index (κ1) is 22.2. The van der Waals surface area contributed by atoms with Gasteiger partial charge in [0.15, 0.2) is 0 Å². The van der Waals surface area contributed by atoms with Gasteiger partial charge in [0, 0.05) is 18.8 Å². The van der Waals surface area contributed by atoms with Crippen LogP contribution in [0.5, 0.6) is 0 Å². The van der Waals surface area contributed by atoms with E-state index in [1.165, 1.54) is 15.4 Å². The molecule has 6 heteroatoms. The van der Waals surface area contributed by atoms with Crippen molar-refractivity contribution in [2.24, 2.45) is 4.99 Å². The molecule has 0 bridgehead atoms. The minimum atomic E-state index is -3.48. The van der Waals surface area contributed by atoms with Crippen LogP contribution in [0.1, 0.15) is 49.5 Å². The third-order valence-corrected chi connectivity index (χ3v) is 8.16. The standard InChI is InChI=1S/C26H29N3O2S/c1-4-28(5-2)32(30,31)23-17-15-22(16-18-23)29-19-27-26(21-11-7-6-8-12-21)25-14-10-9-13-24(25)20(29)3/h6-20,26H,4-5H2,1-3H3. The number of sulfonamides is 1. The molecule has 4 rings (SSSR count). The molecule has 0 aromatic heterocycles. The maximum Gasteiger partial charge on any atom is 0.243 e. The highest BCUT2D eigenvalue weighted by Gasteiger charge is 2.27. The van der Waals surface area contributed by atoms with Crippen molar-refractivity contribution in [2.45, 2.75) is 37.8 Å². The minimum Gasteiger partial charge on any atom is -0.325 e. The highest BCUT2D eigenvalue weighted by Crippen LogP contribution is 2.37. The summed E-state index contributed by atoms with van der Waals surface area (Å²) >= 11 is 0. The Kier molecular flexibility index (Phi) is 6.44. The monoisotopic (exact) mass is 447 g/mol. The van der Waals surface area contributed by atoms with Gasteiger partial charge in [0.1, 0.15) is 6.04 Å². The van der Waals surface area contributed by atoms with Crippen LogP contribution in [0.15, 0.2) is 88.8 Å². The average molecular weight is 448 g/mol. The first-order chi connectivity index (χ1) is 15.5. The van der Waals surface area contributed by atoms with Gasteiger partial charge < -0.3 is 4.90 Å². The number of nitrogens with zero attached hydrogens (tertiary/aromatic N) is 3. The second-order valence-electron chi connectivity index (χ2n) is 7.87. The lowest BCUT2D eigenvalue weighted by atomic mass is 9.92. The number of hydrogen-bond donors (Lipinski definition) is 0. The molecule has 3 aromatic carbocycles. The molecule has 3 aromatic rings. The molecule has 2 atom stereocenters. The molecule has 0 spiro atoms. The minimum absolute atomic E-state index is 0.0499. The van der Waals surface area contributed by atoms with Crippen LogP contribution >= 0.6 is 0 Å². The quantitative estimate of drug-likeness (QED) is 0.507. The van der Waals surface area contributed by atoms with E-state index in [1.807, 2.05) is 50.5 Å². The van der Waals surface area contributed by atoms with Crippen LogP contribution in [0, 0.1) is 0 Å². The zero-order valence-corrected chi connectivity index (χ0v) is 19.5. The Morgan fingerprint density at radius 1 is 0.844 bits per heavy atom. The van der Waals surface area contributed by atoms with Gasteiger partial charge in [-0.1, -0.05) is 68.4 Å². The molecule has 1 heterocycles. The van der Waals surface area contributed by atoms with Crippen LogP contribution in [0.25, 0.3) is 0 Å². The number of rotatable bonds is 6. The Morgan fingerprint density at radius 3 is 2.06 bits per heavy atom. The van der Waals surface area contributed by atoms with Gasteiger partial charge in [-0.3, -0.25) is 4.99 Å². The smallest absolute Gasteiger partial charge is 0.243 e. The van der Waals surface area contributed by atoms with Crippen molar-refractivity contribution in [3.05, 3.63) is 95.6 Å². The molecule has 0 saturated carbocycles. The molecule has 2 unspecified atom stereocenters. The molecule has 0 aliphatic carbocycles. The summed E-state index contributed by atoms with van der Waals surface area (Å²) < 4.78 is 27.2. The number of benzene rings is 3. The molecular weight excluding hydrogens is 418 g/mol. The van der Waals surface area contributed by atoms with E-state index in [2.05, 4.69) is 48.2 Å². The molecule has 0 radical (unpaired) electrons. The molecule has 166 valence electrons. The lowest BCUT2D eigenvalue weighted by Crippen LogP contribution is -2.30. The van der Waals surface area contributed by atoms with Crippen LogP contribution in [0.4, 0.5) is 5.69 Å². The van der Waals surface area contributed by atoms with Crippen LogP contribution in [0.2, 0.25) is 0 Å². The third-order valence-electron chi connectivity index (χ3n) is 6.09. The van der Waals surface area contributed by atoms with Gasteiger partial charge in [0.2, 0.25) is 10.0 Å². The molecule has 0 amide bonds. The highest BCUT2D eigenvalue weighted by atomic mass is 32.2.